The Balaban J connectivity index is 1.78. The summed E-state index contributed by atoms with van der Waals surface area (Å²) in [5, 5.41) is 3.01. The van der Waals surface area contributed by atoms with E-state index < -0.39 is 0 Å². The third-order valence-electron chi connectivity index (χ3n) is 4.37. The zero-order chi connectivity index (χ0) is 15.9. The molecule has 0 aromatic carbocycles. The summed E-state index contributed by atoms with van der Waals surface area (Å²) in [7, 11) is 0. The van der Waals surface area contributed by atoms with Crippen molar-refractivity contribution < 1.29 is 4.79 Å². The van der Waals surface area contributed by atoms with Gasteiger partial charge in [-0.15, -0.1) is 11.3 Å². The summed E-state index contributed by atoms with van der Waals surface area (Å²) in [6.07, 6.45) is 5.73. The van der Waals surface area contributed by atoms with Crippen LogP contribution in [-0.2, 0) is 4.79 Å². The van der Waals surface area contributed by atoms with E-state index in [1.807, 2.05) is 23.3 Å². The summed E-state index contributed by atoms with van der Waals surface area (Å²) in [5.41, 5.74) is 0.882. The quantitative estimate of drug-likeness (QED) is 0.756. The lowest BCUT2D eigenvalue weighted by Gasteiger charge is -2.34. The first-order valence-electron chi connectivity index (χ1n) is 8.23. The number of aromatic nitrogens is 1. The van der Waals surface area contributed by atoms with Crippen molar-refractivity contribution in [2.24, 2.45) is 5.92 Å². The summed E-state index contributed by atoms with van der Waals surface area (Å²) < 4.78 is 0. The molecule has 1 amide bonds. The van der Waals surface area contributed by atoms with Crippen LogP contribution in [-0.4, -0.2) is 53.4 Å². The number of thiazole rings is 1. The van der Waals surface area contributed by atoms with Crippen molar-refractivity contribution in [1.29, 1.82) is 0 Å². The molecule has 2 heterocycles. The molecule has 4 nitrogen and oxygen atoms in total. The van der Waals surface area contributed by atoms with Crippen LogP contribution in [0.1, 0.15) is 37.4 Å². The van der Waals surface area contributed by atoms with Crippen LogP contribution in [0.4, 0.5) is 0 Å². The molecule has 0 radical (unpaired) electrons. The van der Waals surface area contributed by atoms with Crippen molar-refractivity contribution >= 4 is 23.3 Å². The highest BCUT2D eigenvalue weighted by Gasteiger charge is 2.22. The van der Waals surface area contributed by atoms with E-state index in [9.17, 15) is 4.79 Å². The van der Waals surface area contributed by atoms with Crippen LogP contribution in [0.5, 0.6) is 0 Å². The van der Waals surface area contributed by atoms with Crippen LogP contribution in [0.25, 0.3) is 6.08 Å². The van der Waals surface area contributed by atoms with Gasteiger partial charge in [0.2, 0.25) is 5.91 Å². The molecule has 0 atom stereocenters. The molecule has 1 aliphatic rings. The minimum Gasteiger partial charge on any atom is -0.339 e. The second-order valence-electron chi connectivity index (χ2n) is 5.88. The van der Waals surface area contributed by atoms with Crippen LogP contribution in [0, 0.1) is 12.8 Å². The summed E-state index contributed by atoms with van der Waals surface area (Å²) in [5.74, 6) is 0.848. The Bertz CT molecular complexity index is 500. The van der Waals surface area contributed by atoms with E-state index in [0.29, 0.717) is 0 Å². The topological polar surface area (TPSA) is 36.4 Å². The number of piperidine rings is 1. The third kappa shape index (κ3) is 4.92. The number of hydrogen-bond acceptors (Lipinski definition) is 4. The van der Waals surface area contributed by atoms with Crippen LogP contribution in [0.2, 0.25) is 0 Å². The minimum atomic E-state index is 0.118. The lowest BCUT2D eigenvalue weighted by Crippen LogP contribution is -2.41. The molecule has 122 valence electrons. The Kier molecular flexibility index (Phi) is 6.58. The van der Waals surface area contributed by atoms with Gasteiger partial charge in [-0.1, -0.05) is 13.8 Å². The van der Waals surface area contributed by atoms with Crippen molar-refractivity contribution in [3.05, 3.63) is 22.2 Å². The van der Waals surface area contributed by atoms with Gasteiger partial charge < -0.3 is 9.80 Å². The van der Waals surface area contributed by atoms with E-state index in [1.165, 1.54) is 6.54 Å². The molecule has 1 aromatic rings. The largest absolute Gasteiger partial charge is 0.339 e. The molecule has 1 aromatic heterocycles. The average molecular weight is 321 g/mol. The molecule has 0 unspecified atom stereocenters. The van der Waals surface area contributed by atoms with Gasteiger partial charge in [0.15, 0.2) is 0 Å². The van der Waals surface area contributed by atoms with Crippen LogP contribution in [0.15, 0.2) is 11.5 Å². The maximum atomic E-state index is 12.2. The molecule has 0 N–H and O–H groups in total. The van der Waals surface area contributed by atoms with Crippen molar-refractivity contribution in [2.75, 3.05) is 32.7 Å². The number of hydrogen-bond donors (Lipinski definition) is 0. The normalized spacial score (nSPS) is 16.8. The van der Waals surface area contributed by atoms with Gasteiger partial charge in [0.1, 0.15) is 0 Å². The smallest absolute Gasteiger partial charge is 0.246 e. The van der Waals surface area contributed by atoms with E-state index in [2.05, 4.69) is 23.7 Å². The Hall–Kier alpha value is -1.20. The number of nitrogens with zero attached hydrogens (tertiary/aromatic N) is 3. The van der Waals surface area contributed by atoms with Crippen molar-refractivity contribution in [3.8, 4) is 0 Å². The van der Waals surface area contributed by atoms with Gasteiger partial charge in [-0.3, -0.25) is 4.79 Å². The third-order valence-corrected chi connectivity index (χ3v) is 5.16. The molecule has 0 aliphatic carbocycles. The van der Waals surface area contributed by atoms with Crippen LogP contribution < -0.4 is 0 Å². The molecule has 1 aliphatic heterocycles. The molecule has 5 heteroatoms. The Morgan fingerprint density at radius 1 is 1.41 bits per heavy atom. The monoisotopic (exact) mass is 321 g/mol. The average Bonchev–Trinajstić information content (AvgIpc) is 2.96. The second-order valence-corrected chi connectivity index (χ2v) is 6.94. The van der Waals surface area contributed by atoms with E-state index >= 15 is 0 Å². The molecular weight excluding hydrogens is 294 g/mol. The SMILES string of the molecule is CCN(CC)CC1CCN(C(=O)C=Cc2csc(C)n2)CC1. The summed E-state index contributed by atoms with van der Waals surface area (Å²) in [4.78, 5) is 21.0. The minimum absolute atomic E-state index is 0.118. The number of likely N-dealkylation sites (tertiary alicyclic amines) is 1. The molecule has 0 spiro atoms. The van der Waals surface area contributed by atoms with Gasteiger partial charge in [0, 0.05) is 31.1 Å². The number of carbonyl (C=O) groups excluding carboxylic acids is 1. The van der Waals surface area contributed by atoms with Gasteiger partial charge in [0.25, 0.3) is 0 Å². The summed E-state index contributed by atoms with van der Waals surface area (Å²) in [6.45, 7) is 11.6. The van der Waals surface area contributed by atoms with E-state index in [0.717, 1.165) is 55.6 Å². The molecule has 2 rings (SSSR count). The van der Waals surface area contributed by atoms with Gasteiger partial charge in [0.05, 0.1) is 10.7 Å². The van der Waals surface area contributed by atoms with Gasteiger partial charge in [-0.05, 0) is 44.8 Å². The van der Waals surface area contributed by atoms with Crippen LogP contribution >= 0.6 is 11.3 Å². The van der Waals surface area contributed by atoms with Gasteiger partial charge >= 0.3 is 0 Å². The highest BCUT2D eigenvalue weighted by Crippen LogP contribution is 2.19. The van der Waals surface area contributed by atoms with E-state index in [1.54, 1.807) is 17.4 Å². The molecule has 0 bridgehead atoms. The van der Waals surface area contributed by atoms with Gasteiger partial charge in [-0.2, -0.15) is 0 Å². The van der Waals surface area contributed by atoms with Crippen molar-refractivity contribution in [1.82, 2.24) is 14.8 Å². The van der Waals surface area contributed by atoms with Gasteiger partial charge in [-0.25, -0.2) is 4.98 Å². The van der Waals surface area contributed by atoms with Crippen LogP contribution in [0.3, 0.4) is 0 Å². The summed E-state index contributed by atoms with van der Waals surface area (Å²) in [6, 6.07) is 0. The van der Waals surface area contributed by atoms with E-state index in [-0.39, 0.29) is 5.91 Å². The molecular formula is C17H27N3OS. The first kappa shape index (κ1) is 17.2. The number of amides is 1. The summed E-state index contributed by atoms with van der Waals surface area (Å²) >= 11 is 1.61. The second kappa shape index (κ2) is 8.44. The fraction of sp³-hybridized carbons (Fsp3) is 0.647. The fourth-order valence-corrected chi connectivity index (χ4v) is 3.48. The maximum absolute atomic E-state index is 12.2. The van der Waals surface area contributed by atoms with E-state index in [4.69, 9.17) is 0 Å². The predicted molar refractivity (Wildman–Crippen MR) is 93.0 cm³/mol. The molecule has 1 fully saturated rings. The van der Waals surface area contributed by atoms with Crippen molar-refractivity contribution in [3.63, 3.8) is 0 Å². The first-order valence-corrected chi connectivity index (χ1v) is 9.11. The zero-order valence-corrected chi connectivity index (χ0v) is 14.7. The molecule has 22 heavy (non-hydrogen) atoms. The highest BCUT2D eigenvalue weighted by molar-refractivity contribution is 7.09. The highest BCUT2D eigenvalue weighted by atomic mass is 32.1. The number of rotatable bonds is 6. The first-order chi connectivity index (χ1) is 10.6. The standard InChI is InChI=1S/C17H27N3OS/c1-4-19(5-2)12-15-8-10-20(11-9-15)17(21)7-6-16-13-22-14(3)18-16/h6-7,13,15H,4-5,8-12H2,1-3H3. The predicted octanol–water partition coefficient (Wildman–Crippen LogP) is 3.05. The fourth-order valence-electron chi connectivity index (χ4n) is 2.90. The Morgan fingerprint density at radius 2 is 2.09 bits per heavy atom. The zero-order valence-electron chi connectivity index (χ0n) is 13.9. The molecule has 1 saturated heterocycles. The maximum Gasteiger partial charge on any atom is 0.246 e. The Morgan fingerprint density at radius 3 is 2.64 bits per heavy atom. The lowest BCUT2D eigenvalue weighted by atomic mass is 9.96. The number of aryl methyl sites for hydroxylation is 1. The van der Waals surface area contributed by atoms with Crippen molar-refractivity contribution in [2.45, 2.75) is 33.6 Å². The number of carbonyl (C=O) groups is 1. The molecule has 0 saturated carbocycles. The Labute approximate surface area is 137 Å². The lowest BCUT2D eigenvalue weighted by molar-refractivity contribution is -0.127.